The highest BCUT2D eigenvalue weighted by Crippen LogP contribution is 2.14. The van der Waals surface area contributed by atoms with E-state index in [1.165, 1.54) is 4.90 Å². The zero-order chi connectivity index (χ0) is 14.6. The number of hydrogen-bond donors (Lipinski definition) is 3. The summed E-state index contributed by atoms with van der Waals surface area (Å²) in [6.07, 6.45) is 1.64. The fourth-order valence-electron chi connectivity index (χ4n) is 1.34. The van der Waals surface area contributed by atoms with Crippen molar-refractivity contribution >= 4 is 34.9 Å². The van der Waals surface area contributed by atoms with Crippen LogP contribution < -0.4 is 11.1 Å². The highest BCUT2D eigenvalue weighted by atomic mass is 35.5. The van der Waals surface area contributed by atoms with Crippen LogP contribution in [0.2, 0.25) is 5.02 Å². The second kappa shape index (κ2) is 6.16. The Morgan fingerprint density at radius 1 is 1.58 bits per heavy atom. The van der Waals surface area contributed by atoms with Crippen LogP contribution in [0.25, 0.3) is 0 Å². The number of pyridine rings is 1. The van der Waals surface area contributed by atoms with Gasteiger partial charge in [0.05, 0.1) is 17.3 Å². The molecule has 0 aromatic carbocycles. The summed E-state index contributed by atoms with van der Waals surface area (Å²) >= 11 is 11.3. The largest absolute Gasteiger partial charge is 0.370 e. The normalized spacial score (nSPS) is 10.9. The number of rotatable bonds is 2. The Hall–Kier alpha value is -1.40. The third-order valence-corrected chi connectivity index (χ3v) is 2.83. The van der Waals surface area contributed by atoms with Crippen LogP contribution in [-0.2, 0) is 6.54 Å². The molecule has 0 spiro atoms. The van der Waals surface area contributed by atoms with Crippen molar-refractivity contribution in [2.24, 2.45) is 5.73 Å². The second-order valence-electron chi connectivity index (χ2n) is 5.08. The van der Waals surface area contributed by atoms with E-state index in [0.29, 0.717) is 15.8 Å². The van der Waals surface area contributed by atoms with E-state index in [1.807, 2.05) is 20.8 Å². The molecule has 0 atom stereocenters. The van der Waals surface area contributed by atoms with Gasteiger partial charge in [-0.15, -0.1) is 0 Å². The molecule has 19 heavy (non-hydrogen) atoms. The Labute approximate surface area is 123 Å². The smallest absolute Gasteiger partial charge is 0.195 e. The first-order chi connectivity index (χ1) is 8.70. The summed E-state index contributed by atoms with van der Waals surface area (Å²) in [5.74, 6) is -0.150. The van der Waals surface area contributed by atoms with Crippen molar-refractivity contribution in [3.05, 3.63) is 29.0 Å². The molecule has 4 N–H and O–H groups in total. The predicted octanol–water partition coefficient (Wildman–Crippen LogP) is 2.10. The van der Waals surface area contributed by atoms with Gasteiger partial charge in [0.25, 0.3) is 0 Å². The van der Waals surface area contributed by atoms with Crippen molar-refractivity contribution in [3.63, 3.8) is 0 Å². The Morgan fingerprint density at radius 2 is 2.21 bits per heavy atom. The maximum Gasteiger partial charge on any atom is 0.195 e. The van der Waals surface area contributed by atoms with Gasteiger partial charge in [-0.05, 0) is 45.1 Å². The maximum atomic E-state index is 7.61. The molecule has 0 aliphatic rings. The summed E-state index contributed by atoms with van der Waals surface area (Å²) in [7, 11) is 0. The molecule has 0 unspecified atom stereocenters. The van der Waals surface area contributed by atoms with Crippen LogP contribution >= 0.6 is 23.8 Å². The number of halogens is 1. The molecule has 1 aromatic rings. The first-order valence-electron chi connectivity index (χ1n) is 5.74. The lowest BCUT2D eigenvalue weighted by Gasteiger charge is -2.29. The average molecular weight is 300 g/mol. The zero-order valence-corrected chi connectivity index (χ0v) is 12.8. The zero-order valence-electron chi connectivity index (χ0n) is 11.2. The lowest BCUT2D eigenvalue weighted by Crippen LogP contribution is -2.51. The van der Waals surface area contributed by atoms with Gasteiger partial charge >= 0.3 is 0 Å². The Morgan fingerprint density at radius 3 is 2.68 bits per heavy atom. The van der Waals surface area contributed by atoms with Gasteiger partial charge in [0.1, 0.15) is 0 Å². The van der Waals surface area contributed by atoms with Gasteiger partial charge in [-0.3, -0.25) is 15.3 Å². The molecule has 1 heterocycles. The number of hydrogen-bond acceptors (Lipinski definition) is 3. The van der Waals surface area contributed by atoms with E-state index >= 15 is 0 Å². The SMILES string of the molecule is CC(C)(C)NC(=S)N(Cc1ncccc1Cl)C(=N)N. The van der Waals surface area contributed by atoms with Gasteiger partial charge in [-0.25, -0.2) is 0 Å². The summed E-state index contributed by atoms with van der Waals surface area (Å²) in [5, 5.41) is 11.6. The average Bonchev–Trinajstić information content (AvgIpc) is 2.24. The molecule has 0 aliphatic carbocycles. The summed E-state index contributed by atoms with van der Waals surface area (Å²) in [4.78, 5) is 5.62. The number of nitrogens with zero attached hydrogens (tertiary/aromatic N) is 2. The molecule has 7 heteroatoms. The summed E-state index contributed by atoms with van der Waals surface area (Å²) in [5.41, 5.74) is 5.98. The fourth-order valence-corrected chi connectivity index (χ4v) is 1.99. The summed E-state index contributed by atoms with van der Waals surface area (Å²) in [6, 6.07) is 3.48. The molecular weight excluding hydrogens is 282 g/mol. The van der Waals surface area contributed by atoms with Gasteiger partial charge in [-0.2, -0.15) is 0 Å². The first-order valence-corrected chi connectivity index (χ1v) is 6.52. The molecule has 104 valence electrons. The monoisotopic (exact) mass is 299 g/mol. The molecule has 0 amide bonds. The topological polar surface area (TPSA) is 78.0 Å². The molecule has 0 bridgehead atoms. The molecule has 0 aliphatic heterocycles. The van der Waals surface area contributed by atoms with Crippen LogP contribution in [0, 0.1) is 5.41 Å². The maximum absolute atomic E-state index is 7.61. The minimum atomic E-state index is -0.210. The van der Waals surface area contributed by atoms with Crippen molar-refractivity contribution in [1.82, 2.24) is 15.2 Å². The molecular formula is C12H18ClN5S. The fraction of sp³-hybridized carbons (Fsp3) is 0.417. The minimum Gasteiger partial charge on any atom is -0.370 e. The van der Waals surface area contributed by atoms with E-state index in [9.17, 15) is 0 Å². The lowest BCUT2D eigenvalue weighted by molar-refractivity contribution is 0.471. The van der Waals surface area contributed by atoms with E-state index in [2.05, 4.69) is 10.3 Å². The Balaban J connectivity index is 2.88. The molecule has 5 nitrogen and oxygen atoms in total. The standard InChI is InChI=1S/C12H18ClN5S/c1-12(2,3)17-11(19)18(10(14)15)7-9-8(13)5-4-6-16-9/h4-6H,7H2,1-3H3,(H3,14,15)(H,17,19). The molecule has 1 aromatic heterocycles. The van der Waals surface area contributed by atoms with Crippen LogP contribution in [0.3, 0.4) is 0 Å². The number of nitrogens with two attached hydrogens (primary N) is 1. The molecule has 0 radical (unpaired) electrons. The predicted molar refractivity (Wildman–Crippen MR) is 82.2 cm³/mol. The Kier molecular flexibility index (Phi) is 5.08. The van der Waals surface area contributed by atoms with E-state index in [0.717, 1.165) is 0 Å². The van der Waals surface area contributed by atoms with Gasteiger partial charge in [0, 0.05) is 11.7 Å². The highest BCUT2D eigenvalue weighted by Gasteiger charge is 2.19. The van der Waals surface area contributed by atoms with E-state index in [-0.39, 0.29) is 18.0 Å². The van der Waals surface area contributed by atoms with E-state index in [1.54, 1.807) is 18.3 Å². The van der Waals surface area contributed by atoms with Gasteiger partial charge in [-0.1, -0.05) is 11.6 Å². The van der Waals surface area contributed by atoms with Crippen LogP contribution in [-0.4, -0.2) is 26.5 Å². The van der Waals surface area contributed by atoms with E-state index < -0.39 is 0 Å². The van der Waals surface area contributed by atoms with Crippen molar-refractivity contribution in [1.29, 1.82) is 5.41 Å². The third kappa shape index (κ3) is 5.00. The van der Waals surface area contributed by atoms with Crippen molar-refractivity contribution < 1.29 is 0 Å². The number of nitrogens with one attached hydrogen (secondary N) is 2. The second-order valence-corrected chi connectivity index (χ2v) is 5.88. The number of aromatic nitrogens is 1. The summed E-state index contributed by atoms with van der Waals surface area (Å²) in [6.45, 7) is 6.19. The third-order valence-electron chi connectivity index (χ3n) is 2.16. The lowest BCUT2D eigenvalue weighted by atomic mass is 10.1. The van der Waals surface area contributed by atoms with Crippen LogP contribution in [0.5, 0.6) is 0 Å². The van der Waals surface area contributed by atoms with Crippen LogP contribution in [0.15, 0.2) is 18.3 Å². The number of guanidine groups is 1. The molecule has 1 rings (SSSR count). The molecule has 0 saturated heterocycles. The molecule has 0 saturated carbocycles. The minimum absolute atomic E-state index is 0.150. The van der Waals surface area contributed by atoms with Crippen molar-refractivity contribution in [3.8, 4) is 0 Å². The first kappa shape index (κ1) is 15.7. The molecule has 0 fully saturated rings. The Bertz CT molecular complexity index is 483. The van der Waals surface area contributed by atoms with E-state index in [4.69, 9.17) is 35.0 Å². The quantitative estimate of drug-likeness (QED) is 0.443. The van der Waals surface area contributed by atoms with Crippen molar-refractivity contribution in [2.45, 2.75) is 32.9 Å². The highest BCUT2D eigenvalue weighted by molar-refractivity contribution is 7.80. The van der Waals surface area contributed by atoms with Crippen molar-refractivity contribution in [2.75, 3.05) is 0 Å². The van der Waals surface area contributed by atoms with Gasteiger partial charge in [0.15, 0.2) is 11.1 Å². The van der Waals surface area contributed by atoms with Gasteiger partial charge in [0.2, 0.25) is 0 Å². The summed E-state index contributed by atoms with van der Waals surface area (Å²) < 4.78 is 0. The van der Waals surface area contributed by atoms with Crippen LogP contribution in [0.4, 0.5) is 0 Å². The van der Waals surface area contributed by atoms with Gasteiger partial charge < -0.3 is 11.1 Å². The van der Waals surface area contributed by atoms with Crippen LogP contribution in [0.1, 0.15) is 26.5 Å². The number of thiocarbonyl (C=S) groups is 1.